The van der Waals surface area contributed by atoms with Crippen LogP contribution in [0.3, 0.4) is 0 Å². The van der Waals surface area contributed by atoms with Gasteiger partial charge in [-0.1, -0.05) is 0 Å². The van der Waals surface area contributed by atoms with Gasteiger partial charge < -0.3 is 14.0 Å². The first kappa shape index (κ1) is 17.0. The van der Waals surface area contributed by atoms with Crippen molar-refractivity contribution < 1.29 is 18.8 Å². The monoisotopic (exact) mass is 308 g/mol. The number of aromatic nitrogens is 2. The number of carbonyl (C=O) groups excluding carboxylic acids is 1. The van der Waals surface area contributed by atoms with E-state index in [0.29, 0.717) is 6.61 Å². The van der Waals surface area contributed by atoms with Crippen LogP contribution >= 0.6 is 0 Å². The van der Waals surface area contributed by atoms with Gasteiger partial charge in [-0.15, -0.1) is 0 Å². The topological polar surface area (TPSA) is 62.6 Å². The van der Waals surface area contributed by atoms with Crippen LogP contribution in [0.5, 0.6) is 0 Å². The van der Waals surface area contributed by atoms with Gasteiger partial charge in [0, 0.05) is 11.2 Å². The molecule has 1 aliphatic heterocycles. The van der Waals surface area contributed by atoms with E-state index in [2.05, 4.69) is 5.10 Å². The average molecular weight is 308 g/mol. The molecule has 2 heterocycles. The third-order valence-corrected chi connectivity index (χ3v) is 4.51. The second-order valence-electron chi connectivity index (χ2n) is 6.64. The van der Waals surface area contributed by atoms with Crippen LogP contribution in [0.25, 0.3) is 0 Å². The highest BCUT2D eigenvalue weighted by Gasteiger charge is 2.53. The molecule has 1 saturated heterocycles. The molecule has 0 bridgehead atoms. The molecule has 0 unspecified atom stereocenters. The molecule has 7 heteroatoms. The van der Waals surface area contributed by atoms with Crippen molar-refractivity contribution in [2.45, 2.75) is 66.2 Å². The Labute approximate surface area is 132 Å². The summed E-state index contributed by atoms with van der Waals surface area (Å²) in [7, 11) is -0.471. The predicted octanol–water partition coefficient (Wildman–Crippen LogP) is 1.36. The van der Waals surface area contributed by atoms with Gasteiger partial charge >= 0.3 is 13.1 Å². The van der Waals surface area contributed by atoms with Gasteiger partial charge in [0.2, 0.25) is 0 Å². The number of hydrogen-bond acceptors (Lipinski definition) is 5. The Kier molecular flexibility index (Phi) is 4.41. The third kappa shape index (κ3) is 2.92. The highest BCUT2D eigenvalue weighted by molar-refractivity contribution is 6.63. The average Bonchev–Trinajstić information content (AvgIpc) is 2.73. The zero-order chi connectivity index (χ0) is 16.7. The minimum Gasteiger partial charge on any atom is -0.465 e. The highest BCUT2D eigenvalue weighted by Crippen LogP contribution is 2.36. The first-order valence-corrected chi connectivity index (χ1v) is 7.64. The van der Waals surface area contributed by atoms with E-state index < -0.39 is 18.3 Å². The Bertz CT molecular complexity index is 564. The Morgan fingerprint density at radius 2 is 1.77 bits per heavy atom. The summed E-state index contributed by atoms with van der Waals surface area (Å²) in [6, 6.07) is 0. The molecule has 0 aliphatic carbocycles. The fourth-order valence-corrected chi connectivity index (χ4v) is 2.50. The van der Waals surface area contributed by atoms with Crippen LogP contribution < -0.4 is 5.46 Å². The van der Waals surface area contributed by atoms with E-state index in [4.69, 9.17) is 14.0 Å². The lowest BCUT2D eigenvalue weighted by Crippen LogP contribution is -2.41. The number of rotatable bonds is 4. The molecule has 2 rings (SSSR count). The Morgan fingerprint density at radius 1 is 1.23 bits per heavy atom. The number of hydrogen-bond donors (Lipinski definition) is 0. The number of ether oxygens (including phenoxy) is 1. The normalized spacial score (nSPS) is 19.5. The van der Waals surface area contributed by atoms with Gasteiger partial charge in [0.05, 0.1) is 23.5 Å². The molecule has 122 valence electrons. The van der Waals surface area contributed by atoms with E-state index in [1.807, 2.05) is 41.5 Å². The Morgan fingerprint density at radius 3 is 2.27 bits per heavy atom. The molecule has 1 aromatic rings. The minimum absolute atomic E-state index is 0.0972. The van der Waals surface area contributed by atoms with E-state index in [0.717, 1.165) is 16.9 Å². The largest absolute Gasteiger partial charge is 0.498 e. The quantitative estimate of drug-likeness (QED) is 0.621. The molecule has 1 fully saturated rings. The van der Waals surface area contributed by atoms with Crippen LogP contribution in [0.15, 0.2) is 0 Å². The van der Waals surface area contributed by atoms with Crippen LogP contribution in [0.2, 0.25) is 0 Å². The van der Waals surface area contributed by atoms with Crippen molar-refractivity contribution in [1.29, 1.82) is 0 Å². The Hall–Kier alpha value is -1.34. The molecular formula is C15H25BN2O4. The van der Waals surface area contributed by atoms with Crippen molar-refractivity contribution in [3.63, 3.8) is 0 Å². The molecule has 0 N–H and O–H groups in total. The predicted molar refractivity (Wildman–Crippen MR) is 84.1 cm³/mol. The van der Waals surface area contributed by atoms with Gasteiger partial charge in [-0.3, -0.25) is 9.48 Å². The zero-order valence-electron chi connectivity index (χ0n) is 14.5. The van der Waals surface area contributed by atoms with Crippen molar-refractivity contribution in [2.75, 3.05) is 6.61 Å². The van der Waals surface area contributed by atoms with Crippen LogP contribution in [0.1, 0.15) is 46.0 Å². The molecule has 0 atom stereocenters. The van der Waals surface area contributed by atoms with Crippen molar-refractivity contribution in [3.05, 3.63) is 11.4 Å². The molecule has 0 aromatic carbocycles. The van der Waals surface area contributed by atoms with E-state index in [-0.39, 0.29) is 12.5 Å². The van der Waals surface area contributed by atoms with Crippen LogP contribution in [-0.4, -0.2) is 40.7 Å². The van der Waals surface area contributed by atoms with Crippen molar-refractivity contribution >= 4 is 18.6 Å². The minimum atomic E-state index is -0.471. The second kappa shape index (κ2) is 5.70. The molecule has 0 saturated carbocycles. The van der Waals surface area contributed by atoms with E-state index in [9.17, 15) is 4.79 Å². The fourth-order valence-electron chi connectivity index (χ4n) is 2.50. The lowest BCUT2D eigenvalue weighted by atomic mass is 9.77. The molecule has 22 heavy (non-hydrogen) atoms. The van der Waals surface area contributed by atoms with Gasteiger partial charge in [-0.25, -0.2) is 0 Å². The van der Waals surface area contributed by atoms with Crippen LogP contribution in [0, 0.1) is 13.8 Å². The number of carbonyl (C=O) groups is 1. The maximum Gasteiger partial charge on any atom is 0.498 e. The van der Waals surface area contributed by atoms with Gasteiger partial charge in [0.1, 0.15) is 6.54 Å². The molecule has 1 aliphatic rings. The third-order valence-electron chi connectivity index (χ3n) is 4.51. The number of aryl methyl sites for hydroxylation is 1. The maximum atomic E-state index is 11.7. The van der Waals surface area contributed by atoms with E-state index in [1.54, 1.807) is 11.6 Å². The van der Waals surface area contributed by atoms with Gasteiger partial charge in [-0.2, -0.15) is 5.10 Å². The first-order valence-electron chi connectivity index (χ1n) is 7.64. The van der Waals surface area contributed by atoms with Crippen molar-refractivity contribution in [3.8, 4) is 0 Å². The summed E-state index contributed by atoms with van der Waals surface area (Å²) in [4.78, 5) is 11.7. The summed E-state index contributed by atoms with van der Waals surface area (Å²) in [5.74, 6) is -0.298. The molecule has 1 aromatic heterocycles. The van der Waals surface area contributed by atoms with E-state index >= 15 is 0 Å². The molecule has 0 radical (unpaired) electrons. The summed E-state index contributed by atoms with van der Waals surface area (Å²) >= 11 is 0. The van der Waals surface area contributed by atoms with Crippen LogP contribution in [0.4, 0.5) is 0 Å². The molecule has 6 nitrogen and oxygen atoms in total. The summed E-state index contributed by atoms with van der Waals surface area (Å²) in [6.07, 6.45) is 0. The van der Waals surface area contributed by atoms with Crippen LogP contribution in [-0.2, 0) is 25.4 Å². The summed E-state index contributed by atoms with van der Waals surface area (Å²) in [5, 5.41) is 4.43. The number of nitrogens with zero attached hydrogens (tertiary/aromatic N) is 2. The molecular weight excluding hydrogens is 283 g/mol. The zero-order valence-corrected chi connectivity index (χ0v) is 14.5. The maximum absolute atomic E-state index is 11.7. The van der Waals surface area contributed by atoms with Gasteiger partial charge in [-0.05, 0) is 48.5 Å². The van der Waals surface area contributed by atoms with Crippen molar-refractivity contribution in [1.82, 2.24) is 9.78 Å². The summed E-state index contributed by atoms with van der Waals surface area (Å²) in [5.41, 5.74) is 1.76. The summed E-state index contributed by atoms with van der Waals surface area (Å²) < 4.78 is 18.8. The first-order chi connectivity index (χ1) is 10.1. The van der Waals surface area contributed by atoms with E-state index in [1.165, 1.54) is 0 Å². The lowest BCUT2D eigenvalue weighted by Gasteiger charge is -2.32. The SMILES string of the molecule is CCOC(=O)Cn1nc(C)c(B2OC(C)(C)C(C)(C)O2)c1C. The second-order valence-corrected chi connectivity index (χ2v) is 6.64. The Balaban J connectivity index is 2.27. The summed E-state index contributed by atoms with van der Waals surface area (Å²) in [6.45, 7) is 14.1. The van der Waals surface area contributed by atoms with Gasteiger partial charge in [0.15, 0.2) is 0 Å². The number of esters is 1. The highest BCUT2D eigenvalue weighted by atomic mass is 16.7. The lowest BCUT2D eigenvalue weighted by molar-refractivity contribution is -0.144. The fraction of sp³-hybridized carbons (Fsp3) is 0.733. The molecule has 0 amide bonds. The smallest absolute Gasteiger partial charge is 0.465 e. The molecule has 0 spiro atoms. The van der Waals surface area contributed by atoms with Crippen molar-refractivity contribution in [2.24, 2.45) is 0 Å². The standard InChI is InChI=1S/C15H25BN2O4/c1-8-20-12(19)9-18-11(3)13(10(2)17-18)16-21-14(4,5)15(6,7)22-16/h8-9H2,1-7H3. The van der Waals surface area contributed by atoms with Gasteiger partial charge in [0.25, 0.3) is 0 Å².